The molecule has 0 fully saturated rings. The van der Waals surface area contributed by atoms with Gasteiger partial charge in [0.2, 0.25) is 0 Å². The normalized spacial score (nSPS) is 14.3. The molecule has 1 aliphatic carbocycles. The summed E-state index contributed by atoms with van der Waals surface area (Å²) >= 11 is 0. The van der Waals surface area contributed by atoms with Crippen LogP contribution in [0, 0.1) is 0 Å². The molecule has 0 saturated heterocycles. The van der Waals surface area contributed by atoms with Gasteiger partial charge < -0.3 is 0 Å². The van der Waals surface area contributed by atoms with Crippen molar-refractivity contribution in [2.75, 3.05) is 0 Å². The molecule has 1 nitrogen and oxygen atoms in total. The molecule has 0 amide bonds. The molecule has 0 spiro atoms. The lowest BCUT2D eigenvalue weighted by molar-refractivity contribution is 0.631. The second-order valence-corrected chi connectivity index (χ2v) is 10.1. The van der Waals surface area contributed by atoms with Gasteiger partial charge >= 0.3 is 0 Å². The monoisotopic (exact) mass is 423 g/mol. The van der Waals surface area contributed by atoms with Crippen molar-refractivity contribution in [3.05, 3.63) is 114 Å². The lowest BCUT2D eigenvalue weighted by Gasteiger charge is -2.21. The van der Waals surface area contributed by atoms with Crippen LogP contribution in [0.25, 0.3) is 0 Å². The maximum absolute atomic E-state index is 5.12. The van der Waals surface area contributed by atoms with Crippen molar-refractivity contribution >= 4 is 30.0 Å². The van der Waals surface area contributed by atoms with Crippen molar-refractivity contribution in [2.24, 2.45) is 4.99 Å². The van der Waals surface area contributed by atoms with Crippen LogP contribution in [0.2, 0.25) is 0 Å². The van der Waals surface area contributed by atoms with E-state index in [9.17, 15) is 0 Å². The molecule has 0 radical (unpaired) electrons. The smallest absolute Gasteiger partial charge is 0.0715 e. The summed E-state index contributed by atoms with van der Waals surface area (Å²) in [5.74, 6) is 0. The number of rotatable bonds is 9. The maximum atomic E-state index is 5.12. The summed E-state index contributed by atoms with van der Waals surface area (Å²) in [5, 5.41) is 4.11. The highest BCUT2D eigenvalue weighted by Crippen LogP contribution is 2.33. The maximum Gasteiger partial charge on any atom is 0.0715 e. The van der Waals surface area contributed by atoms with E-state index < -0.39 is 7.92 Å². The molecule has 1 atom stereocenters. The number of nitrogens with zero attached hydrogens (tertiary/aromatic N) is 1. The van der Waals surface area contributed by atoms with Crippen LogP contribution in [0.5, 0.6) is 0 Å². The molecule has 0 aromatic heterocycles. The molecule has 0 bridgehead atoms. The van der Waals surface area contributed by atoms with Gasteiger partial charge in [-0.1, -0.05) is 123 Å². The molecular formula is C29H30NP. The van der Waals surface area contributed by atoms with Gasteiger partial charge in [0.05, 0.1) is 6.04 Å². The fraction of sp³-hybridized carbons (Fsp3) is 0.207. The predicted octanol–water partition coefficient (Wildman–Crippen LogP) is 6.31. The second-order valence-electron chi connectivity index (χ2n) is 7.88. The molecule has 0 N–H and O–H groups in total. The standard InChI is InChI=1S/C29H30NP/c1-2-3-21-28(24-14-10-11-15-24)30-23-25-16-12-13-22-29(25)31(26-17-6-4-7-18-26)27-19-8-5-9-20-27/h4-14,16-20,22-23,28H,2-3,15,21H2,1H3/t28-/m0/s1. The minimum Gasteiger partial charge on any atom is -0.285 e. The third-order valence-electron chi connectivity index (χ3n) is 5.66. The van der Waals surface area contributed by atoms with Crippen molar-refractivity contribution in [1.82, 2.24) is 0 Å². The van der Waals surface area contributed by atoms with E-state index in [1.807, 2.05) is 0 Å². The topological polar surface area (TPSA) is 12.4 Å². The minimum atomic E-state index is -0.637. The van der Waals surface area contributed by atoms with Crippen LogP contribution in [0.1, 0.15) is 38.2 Å². The van der Waals surface area contributed by atoms with E-state index in [1.165, 1.54) is 39.9 Å². The molecule has 0 unspecified atom stereocenters. The molecular weight excluding hydrogens is 393 g/mol. The summed E-state index contributed by atoms with van der Waals surface area (Å²) in [4.78, 5) is 5.12. The van der Waals surface area contributed by atoms with Crippen molar-refractivity contribution in [3.8, 4) is 0 Å². The Morgan fingerprint density at radius 2 is 1.52 bits per heavy atom. The summed E-state index contributed by atoms with van der Waals surface area (Å²) in [6.07, 6.45) is 13.4. The lowest BCUT2D eigenvalue weighted by Crippen LogP contribution is -2.23. The average Bonchev–Trinajstić information content (AvgIpc) is 3.36. The van der Waals surface area contributed by atoms with Crippen LogP contribution in [0.15, 0.2) is 114 Å². The van der Waals surface area contributed by atoms with Crippen molar-refractivity contribution in [3.63, 3.8) is 0 Å². The Morgan fingerprint density at radius 3 is 2.13 bits per heavy atom. The third kappa shape index (κ3) is 5.49. The van der Waals surface area contributed by atoms with Crippen molar-refractivity contribution < 1.29 is 0 Å². The van der Waals surface area contributed by atoms with Crippen LogP contribution in [-0.4, -0.2) is 12.3 Å². The number of allylic oxidation sites excluding steroid dienone is 3. The highest BCUT2D eigenvalue weighted by atomic mass is 31.1. The number of hydrogen-bond donors (Lipinski definition) is 0. The highest BCUT2D eigenvalue weighted by Gasteiger charge is 2.19. The first-order valence-electron chi connectivity index (χ1n) is 11.2. The molecule has 31 heavy (non-hydrogen) atoms. The average molecular weight is 424 g/mol. The zero-order valence-corrected chi connectivity index (χ0v) is 19.1. The van der Waals surface area contributed by atoms with Gasteiger partial charge in [-0.2, -0.15) is 0 Å². The summed E-state index contributed by atoms with van der Waals surface area (Å²) in [6, 6.07) is 30.9. The van der Waals surface area contributed by atoms with E-state index in [2.05, 4.69) is 116 Å². The minimum absolute atomic E-state index is 0.280. The van der Waals surface area contributed by atoms with Gasteiger partial charge in [-0.15, -0.1) is 0 Å². The first kappa shape index (κ1) is 21.5. The molecule has 156 valence electrons. The number of aliphatic imine (C=N–C) groups is 1. The van der Waals surface area contributed by atoms with Gasteiger partial charge in [0.25, 0.3) is 0 Å². The molecule has 4 rings (SSSR count). The van der Waals surface area contributed by atoms with Crippen LogP contribution in [-0.2, 0) is 0 Å². The van der Waals surface area contributed by atoms with E-state index in [-0.39, 0.29) is 6.04 Å². The highest BCUT2D eigenvalue weighted by molar-refractivity contribution is 7.80. The molecule has 1 aliphatic rings. The SMILES string of the molecule is CCCC[C@H](N=Cc1ccccc1P(c1ccccc1)c1ccccc1)C1=CC=CC1. The quantitative estimate of drug-likeness (QED) is 0.283. The fourth-order valence-corrected chi connectivity index (χ4v) is 6.44. The van der Waals surface area contributed by atoms with Crippen molar-refractivity contribution in [1.29, 1.82) is 0 Å². The first-order chi connectivity index (χ1) is 15.4. The first-order valence-corrected chi connectivity index (χ1v) is 12.6. The molecule has 3 aromatic rings. The summed E-state index contributed by atoms with van der Waals surface area (Å²) < 4.78 is 0. The number of unbranched alkanes of at least 4 members (excludes halogenated alkanes) is 1. The Morgan fingerprint density at radius 1 is 0.871 bits per heavy atom. The molecule has 0 heterocycles. The number of hydrogen-bond acceptors (Lipinski definition) is 1. The summed E-state index contributed by atoms with van der Waals surface area (Å²) in [5.41, 5.74) is 2.67. The van der Waals surface area contributed by atoms with Gasteiger partial charge in [-0.3, -0.25) is 4.99 Å². The number of benzene rings is 3. The Labute approximate surface area is 188 Å². The third-order valence-corrected chi connectivity index (χ3v) is 8.18. The zero-order valence-electron chi connectivity index (χ0n) is 18.2. The van der Waals surface area contributed by atoms with Crippen LogP contribution >= 0.6 is 7.92 Å². The molecule has 3 aromatic carbocycles. The van der Waals surface area contributed by atoms with Gasteiger partial charge in [0, 0.05) is 11.8 Å². The Bertz CT molecular complexity index is 1010. The van der Waals surface area contributed by atoms with E-state index in [1.54, 1.807) is 0 Å². The molecule has 2 heteroatoms. The van der Waals surface area contributed by atoms with E-state index >= 15 is 0 Å². The van der Waals surface area contributed by atoms with E-state index in [0.29, 0.717) is 0 Å². The summed E-state index contributed by atoms with van der Waals surface area (Å²) in [6.45, 7) is 2.25. The van der Waals surface area contributed by atoms with Gasteiger partial charge in [-0.05, 0) is 42.2 Å². The molecule has 0 saturated carbocycles. The van der Waals surface area contributed by atoms with Crippen LogP contribution in [0.4, 0.5) is 0 Å². The fourth-order valence-electron chi connectivity index (χ4n) is 4.02. The van der Waals surface area contributed by atoms with Crippen LogP contribution < -0.4 is 15.9 Å². The second kappa shape index (κ2) is 11.0. The zero-order chi connectivity index (χ0) is 21.3. The van der Waals surface area contributed by atoms with Crippen molar-refractivity contribution in [2.45, 2.75) is 38.6 Å². The lowest BCUT2D eigenvalue weighted by atomic mass is 10.0. The largest absolute Gasteiger partial charge is 0.285 e. The van der Waals surface area contributed by atoms with E-state index in [4.69, 9.17) is 4.99 Å². The van der Waals surface area contributed by atoms with Gasteiger partial charge in [0.15, 0.2) is 0 Å². The Kier molecular flexibility index (Phi) is 7.64. The predicted molar refractivity (Wildman–Crippen MR) is 138 cm³/mol. The van der Waals surface area contributed by atoms with Crippen LogP contribution in [0.3, 0.4) is 0 Å². The van der Waals surface area contributed by atoms with E-state index in [0.717, 1.165) is 12.8 Å². The Balaban J connectivity index is 1.71. The molecule has 0 aliphatic heterocycles. The summed E-state index contributed by atoms with van der Waals surface area (Å²) in [7, 11) is -0.637. The van der Waals surface area contributed by atoms with Gasteiger partial charge in [0.1, 0.15) is 0 Å². The Hall–Kier alpha value is -2.76. The van der Waals surface area contributed by atoms with Gasteiger partial charge in [-0.25, -0.2) is 0 Å².